The van der Waals surface area contributed by atoms with Crippen molar-refractivity contribution in [3.05, 3.63) is 95.7 Å². The molecular formula is C24H21NO2S. The lowest BCUT2D eigenvalue weighted by atomic mass is 10.1. The molecule has 0 fully saturated rings. The van der Waals surface area contributed by atoms with Crippen molar-refractivity contribution in [3.63, 3.8) is 0 Å². The number of aromatic nitrogens is 1. The van der Waals surface area contributed by atoms with Crippen LogP contribution >= 0.6 is 11.8 Å². The summed E-state index contributed by atoms with van der Waals surface area (Å²) in [6.45, 7) is 2.59. The lowest BCUT2D eigenvalue weighted by Crippen LogP contribution is -2.02. The Morgan fingerprint density at radius 2 is 1.71 bits per heavy atom. The quantitative estimate of drug-likeness (QED) is 0.405. The fourth-order valence-corrected chi connectivity index (χ4v) is 4.07. The van der Waals surface area contributed by atoms with Crippen LogP contribution < -0.4 is 4.74 Å². The molecule has 0 saturated heterocycles. The fourth-order valence-electron chi connectivity index (χ4n) is 3.11. The van der Waals surface area contributed by atoms with Crippen LogP contribution in [-0.4, -0.2) is 10.1 Å². The van der Waals surface area contributed by atoms with Gasteiger partial charge in [0.25, 0.3) is 0 Å². The minimum atomic E-state index is 0.278. The molecule has 1 N–H and O–H groups in total. The highest BCUT2D eigenvalue weighted by Crippen LogP contribution is 2.34. The third-order valence-electron chi connectivity index (χ3n) is 4.60. The minimum absolute atomic E-state index is 0.278. The van der Waals surface area contributed by atoms with Crippen LogP contribution in [0.5, 0.6) is 11.5 Å². The summed E-state index contributed by atoms with van der Waals surface area (Å²) in [6, 6.07) is 25.6. The molecule has 0 unspecified atom stereocenters. The van der Waals surface area contributed by atoms with E-state index in [0.717, 1.165) is 38.4 Å². The zero-order valence-corrected chi connectivity index (χ0v) is 16.4. The number of hydrogen-bond acceptors (Lipinski definition) is 4. The van der Waals surface area contributed by atoms with Crippen LogP contribution in [-0.2, 0) is 12.4 Å². The van der Waals surface area contributed by atoms with E-state index in [9.17, 15) is 5.11 Å². The molecule has 4 heteroatoms. The zero-order valence-electron chi connectivity index (χ0n) is 15.6. The molecule has 1 heterocycles. The first-order valence-corrected chi connectivity index (χ1v) is 10.2. The molecule has 0 aliphatic rings. The molecule has 0 radical (unpaired) electrons. The number of pyridine rings is 1. The summed E-state index contributed by atoms with van der Waals surface area (Å²) in [5.41, 5.74) is 4.12. The lowest BCUT2D eigenvalue weighted by molar-refractivity contribution is 0.307. The van der Waals surface area contributed by atoms with Gasteiger partial charge in [0.05, 0.1) is 11.2 Å². The van der Waals surface area contributed by atoms with Crippen molar-refractivity contribution in [3.8, 4) is 11.5 Å². The van der Waals surface area contributed by atoms with Crippen molar-refractivity contribution in [2.75, 3.05) is 0 Å². The van der Waals surface area contributed by atoms with E-state index in [2.05, 4.69) is 25.1 Å². The number of ether oxygens (including phenoxy) is 1. The second-order valence-electron chi connectivity index (χ2n) is 6.59. The normalized spacial score (nSPS) is 10.9. The van der Waals surface area contributed by atoms with Gasteiger partial charge in [-0.25, -0.2) is 0 Å². The molecule has 0 atom stereocenters. The largest absolute Gasteiger partial charge is 0.508 e. The molecule has 0 aliphatic carbocycles. The summed E-state index contributed by atoms with van der Waals surface area (Å²) in [6.07, 6.45) is 0. The Hall–Kier alpha value is -2.98. The Kier molecular flexibility index (Phi) is 5.49. The first kappa shape index (κ1) is 18.4. The van der Waals surface area contributed by atoms with Gasteiger partial charge in [-0.15, -0.1) is 11.8 Å². The average molecular weight is 388 g/mol. The second-order valence-corrected chi connectivity index (χ2v) is 7.64. The predicted octanol–water partition coefficient (Wildman–Crippen LogP) is 6.12. The lowest BCUT2D eigenvalue weighted by Gasteiger charge is -2.15. The summed E-state index contributed by atoms with van der Waals surface area (Å²) in [5, 5.41) is 10.7. The van der Waals surface area contributed by atoms with Gasteiger partial charge in [-0.05, 0) is 42.8 Å². The molecular weight excluding hydrogens is 366 g/mol. The maximum Gasteiger partial charge on any atom is 0.133 e. The Balaban J connectivity index is 1.64. The highest BCUT2D eigenvalue weighted by atomic mass is 32.2. The Morgan fingerprint density at radius 1 is 0.929 bits per heavy atom. The Morgan fingerprint density at radius 3 is 2.54 bits per heavy atom. The van der Waals surface area contributed by atoms with Crippen LogP contribution in [0, 0.1) is 6.92 Å². The van der Waals surface area contributed by atoms with Crippen LogP contribution in [0.1, 0.15) is 16.8 Å². The van der Waals surface area contributed by atoms with Crippen molar-refractivity contribution in [2.24, 2.45) is 0 Å². The van der Waals surface area contributed by atoms with Gasteiger partial charge in [-0.2, -0.15) is 0 Å². The number of phenols is 1. The molecule has 0 spiro atoms. The van der Waals surface area contributed by atoms with Gasteiger partial charge in [0.2, 0.25) is 0 Å². The molecule has 4 rings (SSSR count). The monoisotopic (exact) mass is 387 g/mol. The number of hydrogen-bond donors (Lipinski definition) is 1. The topological polar surface area (TPSA) is 42.4 Å². The van der Waals surface area contributed by atoms with Crippen LogP contribution in [0.3, 0.4) is 0 Å². The third-order valence-corrected chi connectivity index (χ3v) is 5.60. The SMILES string of the molecule is Cc1c(CSc2cccc(O)c2)nc2ccccc2c1OCc1ccccc1. The number of benzene rings is 3. The maximum atomic E-state index is 9.68. The Labute approximate surface area is 169 Å². The zero-order chi connectivity index (χ0) is 19.3. The number of para-hydroxylation sites is 1. The summed E-state index contributed by atoms with van der Waals surface area (Å²) < 4.78 is 6.26. The number of rotatable bonds is 6. The summed E-state index contributed by atoms with van der Waals surface area (Å²) >= 11 is 1.66. The number of nitrogens with zero attached hydrogens (tertiary/aromatic N) is 1. The standard InChI is InChI=1S/C24H21NO2S/c1-17-23(16-28-20-11-7-10-19(26)14-20)25-22-13-6-5-12-21(22)24(17)27-15-18-8-3-2-4-9-18/h2-14,26H,15-16H2,1H3. The molecule has 3 aromatic carbocycles. The predicted molar refractivity (Wildman–Crippen MR) is 115 cm³/mol. The van der Waals surface area contributed by atoms with Crippen LogP contribution in [0.2, 0.25) is 0 Å². The first-order valence-electron chi connectivity index (χ1n) is 9.17. The van der Waals surface area contributed by atoms with Gasteiger partial charge < -0.3 is 9.84 Å². The maximum absolute atomic E-state index is 9.68. The van der Waals surface area contributed by atoms with E-state index >= 15 is 0 Å². The van der Waals surface area contributed by atoms with Gasteiger partial charge in [-0.3, -0.25) is 4.98 Å². The molecule has 140 valence electrons. The average Bonchev–Trinajstić information content (AvgIpc) is 2.72. The van der Waals surface area contributed by atoms with Crippen LogP contribution in [0.25, 0.3) is 10.9 Å². The van der Waals surface area contributed by atoms with E-state index in [0.29, 0.717) is 12.4 Å². The Bertz CT molecular complexity index is 1100. The highest BCUT2D eigenvalue weighted by molar-refractivity contribution is 7.98. The molecule has 4 aromatic rings. The molecule has 1 aromatic heterocycles. The van der Waals surface area contributed by atoms with E-state index < -0.39 is 0 Å². The van der Waals surface area contributed by atoms with Crippen molar-refractivity contribution < 1.29 is 9.84 Å². The summed E-state index contributed by atoms with van der Waals surface area (Å²) in [4.78, 5) is 5.88. The van der Waals surface area contributed by atoms with Gasteiger partial charge >= 0.3 is 0 Å². The molecule has 0 aliphatic heterocycles. The highest BCUT2D eigenvalue weighted by Gasteiger charge is 2.13. The van der Waals surface area contributed by atoms with E-state index in [1.165, 1.54) is 0 Å². The van der Waals surface area contributed by atoms with Crippen molar-refractivity contribution >= 4 is 22.7 Å². The summed E-state index contributed by atoms with van der Waals surface area (Å²) in [7, 11) is 0. The van der Waals surface area contributed by atoms with E-state index in [1.807, 2.05) is 48.5 Å². The number of fused-ring (bicyclic) bond motifs is 1. The van der Waals surface area contributed by atoms with Gasteiger partial charge in [0.15, 0.2) is 0 Å². The molecule has 0 saturated carbocycles. The smallest absolute Gasteiger partial charge is 0.133 e. The first-order chi connectivity index (χ1) is 13.7. The van der Waals surface area contributed by atoms with Crippen molar-refractivity contribution in [1.82, 2.24) is 4.98 Å². The second kappa shape index (κ2) is 8.36. The van der Waals surface area contributed by atoms with Crippen molar-refractivity contribution in [2.45, 2.75) is 24.2 Å². The van der Waals surface area contributed by atoms with Crippen molar-refractivity contribution in [1.29, 1.82) is 0 Å². The molecule has 0 amide bonds. The number of phenolic OH excluding ortho intramolecular Hbond substituents is 1. The fraction of sp³-hybridized carbons (Fsp3) is 0.125. The van der Waals surface area contributed by atoms with E-state index in [1.54, 1.807) is 23.9 Å². The van der Waals surface area contributed by atoms with E-state index in [-0.39, 0.29) is 5.75 Å². The molecule has 3 nitrogen and oxygen atoms in total. The van der Waals surface area contributed by atoms with E-state index in [4.69, 9.17) is 9.72 Å². The minimum Gasteiger partial charge on any atom is -0.508 e. The molecule has 0 bridgehead atoms. The van der Waals surface area contributed by atoms with Gasteiger partial charge in [0, 0.05) is 21.6 Å². The molecule has 28 heavy (non-hydrogen) atoms. The van der Waals surface area contributed by atoms with Gasteiger partial charge in [-0.1, -0.05) is 48.5 Å². The van der Waals surface area contributed by atoms with Gasteiger partial charge in [0.1, 0.15) is 18.1 Å². The third kappa shape index (κ3) is 4.12. The van der Waals surface area contributed by atoms with Crippen LogP contribution in [0.4, 0.5) is 0 Å². The van der Waals surface area contributed by atoms with Crippen LogP contribution in [0.15, 0.2) is 83.8 Å². The number of aromatic hydroxyl groups is 1. The number of thioether (sulfide) groups is 1. The summed E-state index contributed by atoms with van der Waals surface area (Å²) in [5.74, 6) is 1.88.